The molecular formula is C18H26O. The maximum absolute atomic E-state index is 11.2. The Hall–Kier alpha value is -0.820. The summed E-state index contributed by atoms with van der Waals surface area (Å²) in [5.41, 5.74) is 2.08. The van der Waals surface area contributed by atoms with E-state index in [9.17, 15) is 5.11 Å². The summed E-state index contributed by atoms with van der Waals surface area (Å²) in [6.07, 6.45) is 7.08. The van der Waals surface area contributed by atoms with E-state index in [0.29, 0.717) is 17.8 Å². The molecule has 2 aliphatic carbocycles. The van der Waals surface area contributed by atoms with Crippen molar-refractivity contribution in [3.05, 3.63) is 35.4 Å². The van der Waals surface area contributed by atoms with Gasteiger partial charge in [-0.3, -0.25) is 0 Å². The van der Waals surface area contributed by atoms with E-state index in [0.717, 1.165) is 12.8 Å². The molecule has 0 aliphatic heterocycles. The van der Waals surface area contributed by atoms with Gasteiger partial charge in [-0.2, -0.15) is 0 Å². The van der Waals surface area contributed by atoms with Crippen molar-refractivity contribution in [2.75, 3.05) is 0 Å². The minimum atomic E-state index is -0.580. The zero-order chi connectivity index (χ0) is 13.5. The van der Waals surface area contributed by atoms with Gasteiger partial charge >= 0.3 is 0 Å². The molecule has 0 aromatic heterocycles. The highest BCUT2D eigenvalue weighted by Gasteiger charge is 2.40. The van der Waals surface area contributed by atoms with E-state index < -0.39 is 5.60 Å². The van der Waals surface area contributed by atoms with Gasteiger partial charge in [-0.1, -0.05) is 44.5 Å². The van der Waals surface area contributed by atoms with E-state index in [2.05, 4.69) is 38.1 Å². The zero-order valence-electron chi connectivity index (χ0n) is 12.2. The fourth-order valence-corrected chi connectivity index (χ4v) is 4.31. The lowest BCUT2D eigenvalue weighted by molar-refractivity contribution is -0.0374. The largest absolute Gasteiger partial charge is 0.385 e. The Bertz CT molecular complexity index is 437. The molecule has 0 radical (unpaired) electrons. The Morgan fingerprint density at radius 1 is 1.05 bits per heavy atom. The van der Waals surface area contributed by atoms with E-state index >= 15 is 0 Å². The second-order valence-electron chi connectivity index (χ2n) is 7.10. The molecule has 2 atom stereocenters. The Morgan fingerprint density at radius 3 is 2.26 bits per heavy atom. The van der Waals surface area contributed by atoms with Crippen LogP contribution < -0.4 is 0 Å². The molecular weight excluding hydrogens is 232 g/mol. The van der Waals surface area contributed by atoms with Crippen molar-refractivity contribution in [3.63, 3.8) is 0 Å². The van der Waals surface area contributed by atoms with Gasteiger partial charge in [-0.25, -0.2) is 0 Å². The Labute approximate surface area is 117 Å². The van der Waals surface area contributed by atoms with Crippen LogP contribution in [0.3, 0.4) is 0 Å². The third kappa shape index (κ3) is 2.45. The molecule has 0 saturated heterocycles. The minimum absolute atomic E-state index is 0.580. The summed E-state index contributed by atoms with van der Waals surface area (Å²) in [5.74, 6) is 1.96. The van der Waals surface area contributed by atoms with E-state index in [-0.39, 0.29) is 0 Å². The number of hydrogen-bond acceptors (Lipinski definition) is 1. The third-order valence-corrected chi connectivity index (χ3v) is 5.18. The summed E-state index contributed by atoms with van der Waals surface area (Å²) in [5, 5.41) is 11.2. The maximum atomic E-state index is 11.2. The summed E-state index contributed by atoms with van der Waals surface area (Å²) in [6.45, 7) is 4.57. The molecule has 2 saturated carbocycles. The van der Waals surface area contributed by atoms with Gasteiger partial charge in [-0.15, -0.1) is 0 Å². The van der Waals surface area contributed by atoms with Crippen LogP contribution >= 0.6 is 0 Å². The molecule has 2 fully saturated rings. The molecule has 1 N–H and O–H groups in total. The van der Waals surface area contributed by atoms with Crippen LogP contribution in [0.4, 0.5) is 0 Å². The standard InChI is InChI=1S/C18H26O/c1-13-10-14(2)12-18(19,11-13)17-9-4-3-8-16(17)15-6-5-7-15/h3-4,8-9,13-15,19H,5-7,10-12H2,1-2H3. The summed E-state index contributed by atoms with van der Waals surface area (Å²) in [7, 11) is 0. The van der Waals surface area contributed by atoms with Crippen LogP contribution in [0.25, 0.3) is 0 Å². The smallest absolute Gasteiger partial charge is 0.0904 e. The fraction of sp³-hybridized carbons (Fsp3) is 0.667. The van der Waals surface area contributed by atoms with Crippen LogP contribution in [-0.2, 0) is 5.60 Å². The maximum Gasteiger partial charge on any atom is 0.0904 e. The van der Waals surface area contributed by atoms with Crippen LogP contribution in [-0.4, -0.2) is 5.11 Å². The van der Waals surface area contributed by atoms with E-state index in [4.69, 9.17) is 0 Å². The Kier molecular flexibility index (Phi) is 3.42. The lowest BCUT2D eigenvalue weighted by Gasteiger charge is -2.42. The molecule has 0 bridgehead atoms. The van der Waals surface area contributed by atoms with Crippen molar-refractivity contribution in [2.45, 2.75) is 63.9 Å². The topological polar surface area (TPSA) is 20.2 Å². The molecule has 19 heavy (non-hydrogen) atoms. The summed E-state index contributed by atoms with van der Waals surface area (Å²) in [6, 6.07) is 8.66. The SMILES string of the molecule is CC1CC(C)CC(O)(c2ccccc2C2CCC2)C1. The van der Waals surface area contributed by atoms with Crippen molar-refractivity contribution in [1.29, 1.82) is 0 Å². The van der Waals surface area contributed by atoms with Gasteiger partial charge in [0.15, 0.2) is 0 Å². The van der Waals surface area contributed by atoms with Crippen molar-refractivity contribution < 1.29 is 5.11 Å². The molecule has 1 aromatic rings. The average molecular weight is 258 g/mol. The molecule has 2 unspecified atom stereocenters. The van der Waals surface area contributed by atoms with Crippen LogP contribution in [0, 0.1) is 11.8 Å². The van der Waals surface area contributed by atoms with Gasteiger partial charge < -0.3 is 5.11 Å². The second kappa shape index (κ2) is 4.94. The van der Waals surface area contributed by atoms with E-state index in [1.54, 1.807) is 0 Å². The number of rotatable bonds is 2. The number of hydrogen-bond donors (Lipinski definition) is 1. The number of benzene rings is 1. The van der Waals surface area contributed by atoms with Gasteiger partial charge in [0, 0.05) is 0 Å². The summed E-state index contributed by atoms with van der Waals surface area (Å²) >= 11 is 0. The predicted octanol–water partition coefficient (Wildman–Crippen LogP) is 4.60. The van der Waals surface area contributed by atoms with Gasteiger partial charge in [0.1, 0.15) is 0 Å². The first-order chi connectivity index (χ1) is 9.08. The molecule has 3 rings (SSSR count). The van der Waals surface area contributed by atoms with Crippen LogP contribution in [0.1, 0.15) is 69.4 Å². The third-order valence-electron chi connectivity index (χ3n) is 5.18. The van der Waals surface area contributed by atoms with Crippen LogP contribution in [0.5, 0.6) is 0 Å². The molecule has 104 valence electrons. The number of aliphatic hydroxyl groups is 1. The lowest BCUT2D eigenvalue weighted by atomic mass is 9.67. The quantitative estimate of drug-likeness (QED) is 0.822. The second-order valence-corrected chi connectivity index (χ2v) is 7.10. The monoisotopic (exact) mass is 258 g/mol. The first kappa shape index (κ1) is 13.2. The van der Waals surface area contributed by atoms with E-state index in [1.807, 2.05) is 0 Å². The summed E-state index contributed by atoms with van der Waals surface area (Å²) < 4.78 is 0. The van der Waals surface area contributed by atoms with Crippen LogP contribution in [0.2, 0.25) is 0 Å². The molecule has 1 aromatic carbocycles. The highest BCUT2D eigenvalue weighted by atomic mass is 16.3. The van der Waals surface area contributed by atoms with Gasteiger partial charge in [0.2, 0.25) is 0 Å². The molecule has 0 spiro atoms. The first-order valence-corrected chi connectivity index (χ1v) is 7.90. The van der Waals surface area contributed by atoms with Gasteiger partial charge in [0.25, 0.3) is 0 Å². The zero-order valence-corrected chi connectivity index (χ0v) is 12.2. The van der Waals surface area contributed by atoms with Crippen LogP contribution in [0.15, 0.2) is 24.3 Å². The van der Waals surface area contributed by atoms with Crippen molar-refractivity contribution in [3.8, 4) is 0 Å². The molecule has 0 amide bonds. The highest BCUT2D eigenvalue weighted by molar-refractivity contribution is 5.36. The molecule has 1 heteroatoms. The summed E-state index contributed by atoms with van der Waals surface area (Å²) in [4.78, 5) is 0. The molecule has 1 nitrogen and oxygen atoms in total. The van der Waals surface area contributed by atoms with E-state index in [1.165, 1.54) is 36.8 Å². The molecule has 2 aliphatic rings. The van der Waals surface area contributed by atoms with Crippen molar-refractivity contribution >= 4 is 0 Å². The highest BCUT2D eigenvalue weighted by Crippen LogP contribution is 2.47. The van der Waals surface area contributed by atoms with Gasteiger partial charge in [-0.05, 0) is 61.0 Å². The Morgan fingerprint density at radius 2 is 1.68 bits per heavy atom. The van der Waals surface area contributed by atoms with Gasteiger partial charge in [0.05, 0.1) is 5.60 Å². The minimum Gasteiger partial charge on any atom is -0.385 e. The first-order valence-electron chi connectivity index (χ1n) is 7.90. The fourth-order valence-electron chi connectivity index (χ4n) is 4.31. The average Bonchev–Trinajstić information content (AvgIpc) is 2.25. The van der Waals surface area contributed by atoms with Crippen molar-refractivity contribution in [2.24, 2.45) is 11.8 Å². The Balaban J connectivity index is 1.95. The van der Waals surface area contributed by atoms with Crippen molar-refractivity contribution in [1.82, 2.24) is 0 Å². The predicted molar refractivity (Wildman–Crippen MR) is 79.1 cm³/mol. The molecule has 0 heterocycles. The normalized spacial score (nSPS) is 35.9. The lowest BCUT2D eigenvalue weighted by Crippen LogP contribution is -2.36.